The van der Waals surface area contributed by atoms with Crippen LogP contribution >= 0.6 is 0 Å². The van der Waals surface area contributed by atoms with Crippen LogP contribution in [0.15, 0.2) is 0 Å². The Bertz CT molecular complexity index is 192. The second kappa shape index (κ2) is 6.58. The van der Waals surface area contributed by atoms with Crippen molar-refractivity contribution in [2.75, 3.05) is 32.8 Å². The summed E-state index contributed by atoms with van der Waals surface area (Å²) in [5.74, 6) is 0. The van der Waals surface area contributed by atoms with E-state index in [1.165, 1.54) is 51.7 Å². The molecule has 16 heavy (non-hydrogen) atoms. The molecule has 2 fully saturated rings. The maximum Gasteiger partial charge on any atom is 0.0588 e. The fourth-order valence-corrected chi connectivity index (χ4v) is 2.75. The van der Waals surface area contributed by atoms with Crippen LogP contribution in [-0.4, -0.2) is 49.8 Å². The molecule has 0 saturated carbocycles. The van der Waals surface area contributed by atoms with Gasteiger partial charge in [-0.05, 0) is 38.6 Å². The summed E-state index contributed by atoms with van der Waals surface area (Å²) in [5.41, 5.74) is 0. The Morgan fingerprint density at radius 1 is 1.31 bits per heavy atom. The first-order valence-electron chi connectivity index (χ1n) is 6.96. The van der Waals surface area contributed by atoms with E-state index in [1.54, 1.807) is 0 Å². The third-order valence-electron chi connectivity index (χ3n) is 3.94. The van der Waals surface area contributed by atoms with Crippen molar-refractivity contribution in [3.05, 3.63) is 0 Å². The van der Waals surface area contributed by atoms with Gasteiger partial charge in [0.25, 0.3) is 0 Å². The minimum absolute atomic E-state index is 0.554. The monoisotopic (exact) mass is 226 g/mol. The molecule has 3 heteroatoms. The van der Waals surface area contributed by atoms with Crippen molar-refractivity contribution in [3.63, 3.8) is 0 Å². The Morgan fingerprint density at radius 3 is 3.00 bits per heavy atom. The molecule has 1 N–H and O–H groups in total. The summed E-state index contributed by atoms with van der Waals surface area (Å²) in [7, 11) is 0. The third kappa shape index (κ3) is 3.72. The molecule has 0 amide bonds. The molecular formula is C13H26N2O. The van der Waals surface area contributed by atoms with E-state index in [0.29, 0.717) is 6.10 Å². The van der Waals surface area contributed by atoms with Gasteiger partial charge in [0.05, 0.1) is 6.10 Å². The lowest BCUT2D eigenvalue weighted by molar-refractivity contribution is 0.0927. The van der Waals surface area contributed by atoms with Crippen molar-refractivity contribution in [1.29, 1.82) is 0 Å². The highest BCUT2D eigenvalue weighted by atomic mass is 16.5. The molecule has 0 spiro atoms. The van der Waals surface area contributed by atoms with Crippen LogP contribution in [0.3, 0.4) is 0 Å². The van der Waals surface area contributed by atoms with Crippen LogP contribution in [0.2, 0.25) is 0 Å². The minimum Gasteiger partial charge on any atom is -0.378 e. The number of nitrogens with zero attached hydrogens (tertiary/aromatic N) is 1. The first kappa shape index (κ1) is 12.3. The Labute approximate surface area is 99.5 Å². The molecule has 0 aromatic carbocycles. The van der Waals surface area contributed by atoms with E-state index in [2.05, 4.69) is 17.1 Å². The van der Waals surface area contributed by atoms with Gasteiger partial charge in [0, 0.05) is 32.3 Å². The second-order valence-corrected chi connectivity index (χ2v) is 5.11. The number of hydrogen-bond donors (Lipinski definition) is 1. The van der Waals surface area contributed by atoms with Gasteiger partial charge in [-0.3, -0.25) is 0 Å². The van der Waals surface area contributed by atoms with Gasteiger partial charge in [0.15, 0.2) is 0 Å². The molecule has 2 unspecified atom stereocenters. The van der Waals surface area contributed by atoms with E-state index in [0.717, 1.165) is 19.2 Å². The summed E-state index contributed by atoms with van der Waals surface area (Å²) < 4.78 is 5.68. The van der Waals surface area contributed by atoms with Crippen molar-refractivity contribution in [2.24, 2.45) is 0 Å². The maximum absolute atomic E-state index is 5.68. The first-order valence-corrected chi connectivity index (χ1v) is 6.96. The molecule has 0 bridgehead atoms. The highest BCUT2D eigenvalue weighted by molar-refractivity contribution is 4.75. The van der Waals surface area contributed by atoms with Gasteiger partial charge in [-0.25, -0.2) is 0 Å². The predicted molar refractivity (Wildman–Crippen MR) is 66.7 cm³/mol. The molecule has 94 valence electrons. The molecule has 3 nitrogen and oxygen atoms in total. The normalized spacial score (nSPS) is 32.8. The van der Waals surface area contributed by atoms with Crippen molar-refractivity contribution in [1.82, 2.24) is 10.2 Å². The quantitative estimate of drug-likeness (QED) is 0.788. The number of nitrogens with one attached hydrogen (secondary N) is 1. The summed E-state index contributed by atoms with van der Waals surface area (Å²) >= 11 is 0. The smallest absolute Gasteiger partial charge is 0.0588 e. The number of rotatable bonds is 4. The molecule has 2 heterocycles. The van der Waals surface area contributed by atoms with Gasteiger partial charge in [-0.15, -0.1) is 0 Å². The molecule has 0 radical (unpaired) electrons. The molecular weight excluding hydrogens is 200 g/mol. The van der Waals surface area contributed by atoms with Crippen LogP contribution in [-0.2, 0) is 4.74 Å². The standard InChI is InChI=1S/C13H26N2O/c1-2-12-5-8-15(10-7-14-12)9-6-13-4-3-11-16-13/h12-14H,2-11H2,1H3. The van der Waals surface area contributed by atoms with Crippen LogP contribution in [0.5, 0.6) is 0 Å². The summed E-state index contributed by atoms with van der Waals surface area (Å²) in [6, 6.07) is 0.743. The van der Waals surface area contributed by atoms with Crippen LogP contribution in [0.1, 0.15) is 39.0 Å². The topological polar surface area (TPSA) is 24.5 Å². The minimum atomic E-state index is 0.554. The average molecular weight is 226 g/mol. The second-order valence-electron chi connectivity index (χ2n) is 5.11. The highest BCUT2D eigenvalue weighted by Crippen LogP contribution is 2.16. The molecule has 2 aliphatic rings. The van der Waals surface area contributed by atoms with Crippen molar-refractivity contribution in [3.8, 4) is 0 Å². The molecule has 0 aromatic heterocycles. The predicted octanol–water partition coefficient (Wildman–Crippen LogP) is 1.63. The summed E-state index contributed by atoms with van der Waals surface area (Å²) in [5, 5.41) is 3.62. The molecule has 2 aliphatic heterocycles. The largest absolute Gasteiger partial charge is 0.378 e. The lowest BCUT2D eigenvalue weighted by Crippen LogP contribution is -2.31. The highest BCUT2D eigenvalue weighted by Gasteiger charge is 2.18. The SMILES string of the molecule is CCC1CCN(CCC2CCCO2)CCN1. The summed E-state index contributed by atoms with van der Waals surface area (Å²) in [4.78, 5) is 2.60. The van der Waals surface area contributed by atoms with E-state index in [-0.39, 0.29) is 0 Å². The molecule has 0 aromatic rings. The molecule has 2 rings (SSSR count). The van der Waals surface area contributed by atoms with E-state index < -0.39 is 0 Å². The van der Waals surface area contributed by atoms with Gasteiger partial charge in [0.1, 0.15) is 0 Å². The van der Waals surface area contributed by atoms with E-state index >= 15 is 0 Å². The molecule has 2 atom stereocenters. The van der Waals surface area contributed by atoms with E-state index in [4.69, 9.17) is 4.74 Å². The van der Waals surface area contributed by atoms with Gasteiger partial charge >= 0.3 is 0 Å². The first-order chi connectivity index (χ1) is 7.88. The Kier molecular flexibility index (Phi) is 5.07. The number of ether oxygens (including phenoxy) is 1. The van der Waals surface area contributed by atoms with Crippen LogP contribution < -0.4 is 5.32 Å². The molecule has 2 saturated heterocycles. The van der Waals surface area contributed by atoms with Gasteiger partial charge in [-0.2, -0.15) is 0 Å². The van der Waals surface area contributed by atoms with Crippen LogP contribution in [0, 0.1) is 0 Å². The fourth-order valence-electron chi connectivity index (χ4n) is 2.75. The van der Waals surface area contributed by atoms with Crippen LogP contribution in [0.25, 0.3) is 0 Å². The Morgan fingerprint density at radius 2 is 2.25 bits per heavy atom. The fraction of sp³-hybridized carbons (Fsp3) is 1.00. The lowest BCUT2D eigenvalue weighted by Gasteiger charge is -2.21. The van der Waals surface area contributed by atoms with E-state index in [1.807, 2.05) is 0 Å². The average Bonchev–Trinajstić information content (AvgIpc) is 2.72. The third-order valence-corrected chi connectivity index (χ3v) is 3.94. The zero-order chi connectivity index (χ0) is 11.2. The van der Waals surface area contributed by atoms with Gasteiger partial charge in [0.2, 0.25) is 0 Å². The zero-order valence-corrected chi connectivity index (χ0v) is 10.6. The summed E-state index contributed by atoms with van der Waals surface area (Å²) in [6.07, 6.45) is 6.91. The van der Waals surface area contributed by atoms with E-state index in [9.17, 15) is 0 Å². The Balaban J connectivity index is 1.65. The van der Waals surface area contributed by atoms with Gasteiger partial charge in [-0.1, -0.05) is 6.92 Å². The van der Waals surface area contributed by atoms with Crippen LogP contribution in [0.4, 0.5) is 0 Å². The van der Waals surface area contributed by atoms with Crippen molar-refractivity contribution in [2.45, 2.75) is 51.2 Å². The zero-order valence-electron chi connectivity index (χ0n) is 10.6. The maximum atomic E-state index is 5.68. The Hall–Kier alpha value is -0.120. The lowest BCUT2D eigenvalue weighted by atomic mass is 10.1. The molecule has 0 aliphatic carbocycles. The van der Waals surface area contributed by atoms with Crippen molar-refractivity contribution < 1.29 is 4.74 Å². The summed E-state index contributed by atoms with van der Waals surface area (Å²) in [6.45, 7) is 8.12. The number of hydrogen-bond acceptors (Lipinski definition) is 3. The van der Waals surface area contributed by atoms with Gasteiger partial charge < -0.3 is 15.0 Å². The van der Waals surface area contributed by atoms with Crippen molar-refractivity contribution >= 4 is 0 Å².